The van der Waals surface area contributed by atoms with Crippen molar-refractivity contribution >= 4 is 17.7 Å². The van der Waals surface area contributed by atoms with Gasteiger partial charge in [0.05, 0.1) is 17.4 Å². The lowest BCUT2D eigenvalue weighted by Gasteiger charge is -2.16. The highest BCUT2D eigenvalue weighted by atomic mass is 35.5. The van der Waals surface area contributed by atoms with Crippen LogP contribution in [0.5, 0.6) is 5.75 Å². The number of ether oxygens (including phenoxy) is 1. The van der Waals surface area contributed by atoms with E-state index in [1.54, 1.807) is 41.9 Å². The van der Waals surface area contributed by atoms with E-state index < -0.39 is 12.1 Å². The molecule has 0 spiro atoms. The number of nitrogens with one attached hydrogen (secondary N) is 1. The standard InChI is InChI=1S/C26H26ClFN6O2/c1-14(2)25-31-32-33-34(25)19-11-18(21-8-6-15(3)10-22(21)28)12-20(13-19)36-26(35)29-17(5)23-9-7-16(4)24(27)30-23/h6-14,17H,1-5H3,(H,29,35). The molecule has 36 heavy (non-hydrogen) atoms. The van der Waals surface area contributed by atoms with Crippen molar-refractivity contribution in [3.05, 3.63) is 82.1 Å². The summed E-state index contributed by atoms with van der Waals surface area (Å²) >= 11 is 6.12. The van der Waals surface area contributed by atoms with Crippen LogP contribution in [0.1, 0.15) is 55.4 Å². The summed E-state index contributed by atoms with van der Waals surface area (Å²) < 4.78 is 22.0. The highest BCUT2D eigenvalue weighted by Gasteiger charge is 2.18. The molecule has 4 aromatic rings. The molecule has 4 rings (SSSR count). The molecule has 0 fully saturated rings. The minimum Gasteiger partial charge on any atom is -0.410 e. The Morgan fingerprint density at radius 3 is 2.56 bits per heavy atom. The van der Waals surface area contributed by atoms with Gasteiger partial charge in [-0.2, -0.15) is 4.68 Å². The molecule has 2 aromatic heterocycles. The summed E-state index contributed by atoms with van der Waals surface area (Å²) in [5.41, 5.74) is 3.63. The van der Waals surface area contributed by atoms with Crippen LogP contribution in [-0.4, -0.2) is 31.3 Å². The van der Waals surface area contributed by atoms with Crippen molar-refractivity contribution in [2.24, 2.45) is 0 Å². The van der Waals surface area contributed by atoms with E-state index in [2.05, 4.69) is 25.8 Å². The number of halogens is 2. The fourth-order valence-electron chi connectivity index (χ4n) is 3.66. The van der Waals surface area contributed by atoms with E-state index >= 15 is 0 Å². The Balaban J connectivity index is 1.67. The van der Waals surface area contributed by atoms with Gasteiger partial charge >= 0.3 is 6.09 Å². The molecule has 1 N–H and O–H groups in total. The summed E-state index contributed by atoms with van der Waals surface area (Å²) in [6, 6.07) is 13.1. The third-order valence-electron chi connectivity index (χ3n) is 5.63. The first-order valence-corrected chi connectivity index (χ1v) is 11.8. The van der Waals surface area contributed by atoms with Crippen molar-refractivity contribution in [3.63, 3.8) is 0 Å². The molecular weight excluding hydrogens is 483 g/mol. The third kappa shape index (κ3) is 5.52. The van der Waals surface area contributed by atoms with E-state index in [4.69, 9.17) is 16.3 Å². The van der Waals surface area contributed by atoms with Crippen LogP contribution in [0, 0.1) is 19.7 Å². The van der Waals surface area contributed by atoms with Gasteiger partial charge in [0.15, 0.2) is 5.82 Å². The van der Waals surface area contributed by atoms with Crippen LogP contribution in [0.2, 0.25) is 5.15 Å². The van der Waals surface area contributed by atoms with E-state index in [0.29, 0.717) is 33.5 Å². The summed E-state index contributed by atoms with van der Waals surface area (Å²) in [5.74, 6) is 0.455. The molecule has 10 heteroatoms. The van der Waals surface area contributed by atoms with E-state index in [-0.39, 0.29) is 17.5 Å². The second kappa shape index (κ2) is 10.4. The summed E-state index contributed by atoms with van der Waals surface area (Å²) in [4.78, 5) is 17.1. The average Bonchev–Trinajstić information content (AvgIpc) is 3.31. The maximum Gasteiger partial charge on any atom is 0.413 e. The number of aromatic nitrogens is 5. The van der Waals surface area contributed by atoms with Gasteiger partial charge in [-0.25, -0.2) is 14.2 Å². The van der Waals surface area contributed by atoms with Gasteiger partial charge in [-0.1, -0.05) is 43.6 Å². The van der Waals surface area contributed by atoms with E-state index in [0.717, 1.165) is 11.1 Å². The Labute approximate surface area is 213 Å². The molecule has 1 atom stereocenters. The molecule has 2 aromatic carbocycles. The van der Waals surface area contributed by atoms with Gasteiger partial charge in [0, 0.05) is 17.5 Å². The van der Waals surface area contributed by atoms with Crippen molar-refractivity contribution in [2.75, 3.05) is 0 Å². The summed E-state index contributed by atoms with van der Waals surface area (Å²) in [6.07, 6.45) is -0.700. The molecule has 8 nitrogen and oxygen atoms in total. The number of amides is 1. The lowest BCUT2D eigenvalue weighted by molar-refractivity contribution is 0.196. The first-order chi connectivity index (χ1) is 17.1. The van der Waals surface area contributed by atoms with Crippen molar-refractivity contribution in [3.8, 4) is 22.6 Å². The minimum absolute atomic E-state index is 0.0297. The number of tetrazole rings is 1. The number of pyridine rings is 1. The van der Waals surface area contributed by atoms with Gasteiger partial charge in [-0.3, -0.25) is 0 Å². The van der Waals surface area contributed by atoms with Gasteiger partial charge in [0.2, 0.25) is 0 Å². The Morgan fingerprint density at radius 1 is 1.08 bits per heavy atom. The normalized spacial score (nSPS) is 12.0. The molecular formula is C26H26ClFN6O2. The monoisotopic (exact) mass is 508 g/mol. The second-order valence-corrected chi connectivity index (χ2v) is 9.26. The lowest BCUT2D eigenvalue weighted by atomic mass is 10.0. The number of hydrogen-bond acceptors (Lipinski definition) is 6. The van der Waals surface area contributed by atoms with Crippen LogP contribution in [0.3, 0.4) is 0 Å². The highest BCUT2D eigenvalue weighted by Crippen LogP contribution is 2.31. The Morgan fingerprint density at radius 2 is 1.86 bits per heavy atom. The van der Waals surface area contributed by atoms with Crippen molar-refractivity contribution < 1.29 is 13.9 Å². The van der Waals surface area contributed by atoms with Gasteiger partial charge < -0.3 is 10.1 Å². The first-order valence-electron chi connectivity index (χ1n) is 11.4. The predicted molar refractivity (Wildman–Crippen MR) is 135 cm³/mol. The minimum atomic E-state index is -0.700. The zero-order valence-electron chi connectivity index (χ0n) is 20.6. The average molecular weight is 509 g/mol. The molecule has 1 unspecified atom stereocenters. The zero-order chi connectivity index (χ0) is 26.0. The lowest BCUT2D eigenvalue weighted by Crippen LogP contribution is -2.30. The predicted octanol–water partition coefficient (Wildman–Crippen LogP) is 6.11. The number of hydrogen-bond donors (Lipinski definition) is 1. The van der Waals surface area contributed by atoms with Crippen LogP contribution in [0.25, 0.3) is 16.8 Å². The fourth-order valence-corrected chi connectivity index (χ4v) is 3.82. The largest absolute Gasteiger partial charge is 0.413 e. The number of aryl methyl sites for hydroxylation is 2. The van der Waals surface area contributed by atoms with Crippen LogP contribution < -0.4 is 10.1 Å². The first kappa shape index (κ1) is 25.2. The topological polar surface area (TPSA) is 94.8 Å². The molecule has 0 radical (unpaired) electrons. The van der Waals surface area contributed by atoms with Crippen LogP contribution in [-0.2, 0) is 0 Å². The quantitative estimate of drug-likeness (QED) is 0.316. The van der Waals surface area contributed by atoms with Gasteiger partial charge in [-0.05, 0) is 72.2 Å². The maximum atomic E-state index is 14.8. The fraction of sp³-hybridized carbons (Fsp3) is 0.269. The molecule has 1 amide bonds. The van der Waals surface area contributed by atoms with E-state index in [9.17, 15) is 9.18 Å². The maximum absolute atomic E-state index is 14.8. The number of carbonyl (C=O) groups is 1. The summed E-state index contributed by atoms with van der Waals surface area (Å²) in [6.45, 7) is 9.36. The van der Waals surface area contributed by atoms with E-state index in [1.165, 1.54) is 6.07 Å². The number of benzene rings is 2. The van der Waals surface area contributed by atoms with Gasteiger partial charge in [0.25, 0.3) is 0 Å². The Bertz CT molecular complexity index is 1420. The molecule has 0 saturated heterocycles. The zero-order valence-corrected chi connectivity index (χ0v) is 21.3. The second-order valence-electron chi connectivity index (χ2n) is 8.90. The van der Waals surface area contributed by atoms with Crippen molar-refractivity contribution in [2.45, 2.75) is 46.6 Å². The molecule has 2 heterocycles. The van der Waals surface area contributed by atoms with Crippen molar-refractivity contribution in [1.82, 2.24) is 30.5 Å². The van der Waals surface area contributed by atoms with Gasteiger partial charge in [-0.15, -0.1) is 5.10 Å². The summed E-state index contributed by atoms with van der Waals surface area (Å²) in [5, 5.41) is 15.1. The Kier molecular flexibility index (Phi) is 7.30. The van der Waals surface area contributed by atoms with Crippen LogP contribution in [0.15, 0.2) is 48.5 Å². The SMILES string of the molecule is Cc1ccc(-c2cc(OC(=O)NC(C)c3ccc(C)c(Cl)n3)cc(-n3nnnc3C(C)C)c2)c(F)c1. The van der Waals surface area contributed by atoms with Crippen LogP contribution in [0.4, 0.5) is 9.18 Å². The smallest absolute Gasteiger partial charge is 0.410 e. The summed E-state index contributed by atoms with van der Waals surface area (Å²) in [7, 11) is 0. The number of nitrogens with zero attached hydrogens (tertiary/aromatic N) is 5. The van der Waals surface area contributed by atoms with E-state index in [1.807, 2.05) is 39.8 Å². The highest BCUT2D eigenvalue weighted by molar-refractivity contribution is 6.30. The molecule has 0 aliphatic rings. The number of carbonyl (C=O) groups excluding carboxylic acids is 1. The number of rotatable bonds is 6. The van der Waals surface area contributed by atoms with Gasteiger partial charge in [0.1, 0.15) is 16.7 Å². The molecule has 0 aliphatic heterocycles. The van der Waals surface area contributed by atoms with Crippen LogP contribution >= 0.6 is 11.6 Å². The third-order valence-corrected chi connectivity index (χ3v) is 6.01. The molecule has 186 valence electrons. The molecule has 0 saturated carbocycles. The molecule has 0 aliphatic carbocycles. The van der Waals surface area contributed by atoms with Crippen molar-refractivity contribution in [1.29, 1.82) is 0 Å². The molecule has 0 bridgehead atoms. The Hall–Kier alpha value is -3.85.